The Labute approximate surface area is 181 Å². The van der Waals surface area contributed by atoms with Crippen molar-refractivity contribution in [2.45, 2.75) is 37.1 Å². The summed E-state index contributed by atoms with van der Waals surface area (Å²) >= 11 is 0. The molecule has 1 aliphatic rings. The van der Waals surface area contributed by atoms with Crippen molar-refractivity contribution in [3.05, 3.63) is 32.9 Å². The average molecular weight is 542 g/mol. The highest BCUT2D eigenvalue weighted by molar-refractivity contribution is 7.66. The van der Waals surface area contributed by atoms with Gasteiger partial charge in [0.1, 0.15) is 12.2 Å². The topological polar surface area (TPSA) is 244 Å². The van der Waals surface area contributed by atoms with Crippen LogP contribution >= 0.6 is 23.5 Å². The lowest BCUT2D eigenvalue weighted by molar-refractivity contribution is -0.0783. The molecule has 186 valence electrons. The maximum Gasteiger partial charge on any atom is 0.490 e. The lowest BCUT2D eigenvalue weighted by Crippen LogP contribution is -2.46. The lowest BCUT2D eigenvalue weighted by atomic mass is 9.95. The second-order valence-corrected chi connectivity index (χ2v) is 10.7. The van der Waals surface area contributed by atoms with E-state index in [9.17, 15) is 37.7 Å². The van der Waals surface area contributed by atoms with Crippen LogP contribution in [0.1, 0.15) is 13.2 Å². The summed E-state index contributed by atoms with van der Waals surface area (Å²) < 4.78 is 79.5. The van der Waals surface area contributed by atoms with Crippen molar-refractivity contribution < 1.29 is 65.0 Å². The van der Waals surface area contributed by atoms with E-state index in [1.165, 1.54) is 10.9 Å². The Hall–Kier alpha value is -1.57. The summed E-state index contributed by atoms with van der Waals surface area (Å²) in [6.45, 7) is 0.835. The van der Waals surface area contributed by atoms with Gasteiger partial charge < -0.3 is 29.4 Å². The molecular weight excluding hydrogens is 527 g/mol. The van der Waals surface area contributed by atoms with Crippen molar-refractivity contribution in [3.8, 4) is 12.3 Å². The zero-order chi connectivity index (χ0) is 25.6. The lowest BCUT2D eigenvalue weighted by Gasteiger charge is -2.25. The highest BCUT2D eigenvalue weighted by Crippen LogP contribution is 2.66. The first-order chi connectivity index (χ1) is 14.8. The molecule has 1 aromatic heterocycles. The molecule has 7 atom stereocenters. The van der Waals surface area contributed by atoms with Crippen LogP contribution in [-0.4, -0.2) is 58.2 Å². The van der Waals surface area contributed by atoms with Crippen LogP contribution in [0.2, 0.25) is 0 Å². The summed E-state index contributed by atoms with van der Waals surface area (Å²) in [4.78, 5) is 60.3. The van der Waals surface area contributed by atoms with Gasteiger partial charge in [-0.15, -0.1) is 6.42 Å². The minimum atomic E-state index is -5.88. The maximum absolute atomic E-state index is 15.3. The molecule has 1 aliphatic heterocycles. The molecule has 0 saturated carbocycles. The molecule has 6 N–H and O–H groups in total. The predicted octanol–water partition coefficient (Wildman–Crippen LogP) is -0.993. The molecular formula is C12H15F2N2O14P3. The van der Waals surface area contributed by atoms with Gasteiger partial charge in [-0.3, -0.25) is 18.9 Å². The highest BCUT2D eigenvalue weighted by Gasteiger charge is 2.60. The number of ether oxygens (including phenoxy) is 1. The average Bonchev–Trinajstić information content (AvgIpc) is 2.87. The van der Waals surface area contributed by atoms with Gasteiger partial charge in [0, 0.05) is 0 Å². The Bertz CT molecular complexity index is 1220. The summed E-state index contributed by atoms with van der Waals surface area (Å²) in [5.74, 6) is -0.0722. The van der Waals surface area contributed by atoms with Crippen molar-refractivity contribution in [1.82, 2.24) is 9.55 Å². The number of aliphatic hydroxyl groups excluding tert-OH is 1. The van der Waals surface area contributed by atoms with E-state index in [0.29, 0.717) is 0 Å². The SMILES string of the molecule is C#CC1(F)[C@@H](O)[C@@H]([C@@H](C)OP(=O)(O)OP(=O)(O)OP(=O)(O)O)O[C@H]1n1cc(F)c(=O)[nH]c1=O. The molecule has 2 rings (SSSR count). The maximum atomic E-state index is 15.3. The van der Waals surface area contributed by atoms with Crippen molar-refractivity contribution >= 4 is 23.5 Å². The number of nitrogens with zero attached hydrogens (tertiary/aromatic N) is 1. The number of alkyl halides is 1. The van der Waals surface area contributed by atoms with Crippen LogP contribution in [0.3, 0.4) is 0 Å². The number of aliphatic hydroxyl groups is 1. The van der Waals surface area contributed by atoms with E-state index in [-0.39, 0.29) is 10.8 Å². The molecule has 0 radical (unpaired) electrons. The Balaban J connectivity index is 2.31. The smallest absolute Gasteiger partial charge is 0.386 e. The van der Waals surface area contributed by atoms with Crippen LogP contribution in [-0.2, 0) is 31.6 Å². The van der Waals surface area contributed by atoms with Crippen molar-refractivity contribution in [1.29, 1.82) is 0 Å². The zero-order valence-electron chi connectivity index (χ0n) is 15.9. The summed E-state index contributed by atoms with van der Waals surface area (Å²) in [5, 5.41) is 10.3. The third kappa shape index (κ3) is 6.31. The molecule has 0 aliphatic carbocycles. The number of aromatic nitrogens is 2. The molecule has 16 nitrogen and oxygen atoms in total. The molecule has 1 aromatic rings. The van der Waals surface area contributed by atoms with Crippen molar-refractivity contribution in [3.63, 3.8) is 0 Å². The molecule has 1 fully saturated rings. The van der Waals surface area contributed by atoms with Crippen LogP contribution < -0.4 is 11.2 Å². The van der Waals surface area contributed by atoms with Gasteiger partial charge in [0.2, 0.25) is 11.5 Å². The molecule has 0 bridgehead atoms. The van der Waals surface area contributed by atoms with E-state index in [1.807, 2.05) is 0 Å². The van der Waals surface area contributed by atoms with Gasteiger partial charge in [-0.2, -0.15) is 13.0 Å². The number of hydrogen-bond acceptors (Lipinski definition) is 10. The third-order valence-corrected chi connectivity index (χ3v) is 7.89. The minimum Gasteiger partial charge on any atom is -0.386 e. The van der Waals surface area contributed by atoms with Crippen LogP contribution in [0.25, 0.3) is 0 Å². The van der Waals surface area contributed by atoms with E-state index in [4.69, 9.17) is 25.8 Å². The van der Waals surface area contributed by atoms with Crippen molar-refractivity contribution in [2.75, 3.05) is 0 Å². The molecule has 0 amide bonds. The molecule has 0 spiro atoms. The fraction of sp³-hybridized carbons (Fsp3) is 0.500. The van der Waals surface area contributed by atoms with Gasteiger partial charge in [-0.05, 0) is 6.92 Å². The number of rotatable bonds is 8. The number of phosphoric acid groups is 3. The Morgan fingerprint density at radius 3 is 2.33 bits per heavy atom. The number of aromatic amines is 1. The standard InChI is InChI=1S/C12H15F2N2O14P3/c1-3-12(14)8(17)7(27-10(12)16-4-6(13)9(18)15-11(16)19)5(2)28-32(23,24)30-33(25,26)29-31(20,21)22/h1,4-5,7-8,10,17H,2H3,(H,23,24)(H,25,26)(H,15,18,19)(H2,20,21,22)/t5-,7-,8+,10-,12?/m1/s1. The summed E-state index contributed by atoms with van der Waals surface area (Å²) in [7, 11) is -17.3. The van der Waals surface area contributed by atoms with Crippen LogP contribution in [0, 0.1) is 18.2 Å². The van der Waals surface area contributed by atoms with Gasteiger partial charge in [0.15, 0.2) is 6.23 Å². The number of H-pyrrole nitrogens is 1. The number of halogens is 2. The third-order valence-electron chi connectivity index (χ3n) is 3.96. The highest BCUT2D eigenvalue weighted by atomic mass is 31.3. The number of hydrogen-bond donors (Lipinski definition) is 6. The van der Waals surface area contributed by atoms with Gasteiger partial charge in [0.25, 0.3) is 5.56 Å². The van der Waals surface area contributed by atoms with E-state index in [1.54, 1.807) is 0 Å². The minimum absolute atomic E-state index is 0.150. The summed E-state index contributed by atoms with van der Waals surface area (Å²) in [6.07, 6.45) is -3.42. The van der Waals surface area contributed by atoms with E-state index >= 15 is 4.39 Å². The van der Waals surface area contributed by atoms with Gasteiger partial charge in [-0.1, -0.05) is 5.92 Å². The molecule has 21 heteroatoms. The quantitative estimate of drug-likeness (QED) is 0.171. The molecule has 0 aromatic carbocycles. The summed E-state index contributed by atoms with van der Waals surface area (Å²) in [6, 6.07) is 0. The van der Waals surface area contributed by atoms with Crippen LogP contribution in [0.4, 0.5) is 8.78 Å². The fourth-order valence-corrected chi connectivity index (χ4v) is 5.90. The molecule has 3 unspecified atom stereocenters. The predicted molar refractivity (Wildman–Crippen MR) is 98.3 cm³/mol. The number of phosphoric ester groups is 1. The van der Waals surface area contributed by atoms with Crippen molar-refractivity contribution in [2.24, 2.45) is 0 Å². The molecule has 2 heterocycles. The second kappa shape index (κ2) is 9.23. The monoisotopic (exact) mass is 542 g/mol. The van der Waals surface area contributed by atoms with Crippen LogP contribution in [0.5, 0.6) is 0 Å². The number of terminal acetylenes is 1. The van der Waals surface area contributed by atoms with E-state index in [0.717, 1.165) is 6.92 Å². The van der Waals surface area contributed by atoms with E-state index < -0.39 is 70.7 Å². The van der Waals surface area contributed by atoms with Gasteiger partial charge in [-0.25, -0.2) is 22.9 Å². The first-order valence-corrected chi connectivity index (χ1v) is 12.7. The van der Waals surface area contributed by atoms with Gasteiger partial charge >= 0.3 is 29.2 Å². The van der Waals surface area contributed by atoms with Crippen LogP contribution in [0.15, 0.2) is 15.8 Å². The fourth-order valence-electron chi connectivity index (χ4n) is 2.70. The van der Waals surface area contributed by atoms with Gasteiger partial charge in [0.05, 0.1) is 12.3 Å². The molecule has 1 saturated heterocycles. The largest absolute Gasteiger partial charge is 0.490 e. The Morgan fingerprint density at radius 2 is 1.82 bits per heavy atom. The normalized spacial score (nSPS) is 30.2. The Morgan fingerprint density at radius 1 is 1.24 bits per heavy atom. The number of nitrogens with one attached hydrogen (secondary N) is 1. The van der Waals surface area contributed by atoms with E-state index in [2.05, 4.69) is 13.1 Å². The summed E-state index contributed by atoms with van der Waals surface area (Å²) in [5.41, 5.74) is -6.16. The molecule has 33 heavy (non-hydrogen) atoms. The first-order valence-electron chi connectivity index (χ1n) is 8.15. The first kappa shape index (κ1) is 27.7. The zero-order valence-corrected chi connectivity index (χ0v) is 18.6. The Kier molecular flexibility index (Phi) is 7.74. The second-order valence-electron chi connectivity index (χ2n) is 6.36.